The van der Waals surface area contributed by atoms with Crippen molar-refractivity contribution in [1.82, 2.24) is 20.8 Å². The summed E-state index contributed by atoms with van der Waals surface area (Å²) in [6, 6.07) is 0. The molecule has 0 aromatic carbocycles. The first kappa shape index (κ1) is 15.1. The molecule has 1 saturated heterocycles. The van der Waals surface area contributed by atoms with E-state index >= 15 is 0 Å². The van der Waals surface area contributed by atoms with E-state index in [9.17, 15) is 4.79 Å². The third-order valence-corrected chi connectivity index (χ3v) is 5.97. The number of amides is 1. The Bertz CT molecular complexity index is 559. The van der Waals surface area contributed by atoms with Crippen molar-refractivity contribution in [2.24, 2.45) is 11.3 Å². The monoisotopic (exact) mass is 318 g/mol. The van der Waals surface area contributed by atoms with Crippen LogP contribution < -0.4 is 10.6 Å². The molecule has 0 unspecified atom stereocenters. The number of aromatic nitrogens is 2. The minimum absolute atomic E-state index is 0.157. The number of nitrogens with zero attached hydrogens (tertiary/aromatic N) is 2. The van der Waals surface area contributed by atoms with Crippen LogP contribution >= 0.6 is 0 Å². The number of rotatable bonds is 4. The average molecular weight is 318 g/mol. The van der Waals surface area contributed by atoms with Crippen molar-refractivity contribution in [2.75, 3.05) is 13.1 Å². The molecule has 3 fully saturated rings. The van der Waals surface area contributed by atoms with E-state index in [1.165, 1.54) is 19.3 Å². The molecule has 6 nitrogen and oxygen atoms in total. The van der Waals surface area contributed by atoms with Crippen molar-refractivity contribution in [3.8, 4) is 0 Å². The van der Waals surface area contributed by atoms with E-state index in [0.717, 1.165) is 51.0 Å². The quantitative estimate of drug-likeness (QED) is 0.889. The molecule has 1 atom stereocenters. The van der Waals surface area contributed by atoms with Gasteiger partial charge in [0.05, 0.1) is 6.54 Å². The highest BCUT2D eigenvalue weighted by Gasteiger charge is 2.57. The van der Waals surface area contributed by atoms with E-state index in [2.05, 4.69) is 20.8 Å². The Labute approximate surface area is 136 Å². The standard InChI is InChI=1S/C17H26N4O2/c22-16(13-10-17(13)6-8-18-9-7-17)19-11-14-20-15(21-23-14)12-4-2-1-3-5-12/h12-13,18H,1-11H2,(H,19,22)/t13-/m1/s1. The van der Waals surface area contributed by atoms with Gasteiger partial charge >= 0.3 is 0 Å². The predicted octanol–water partition coefficient (Wildman–Crippen LogP) is 2.12. The van der Waals surface area contributed by atoms with Crippen molar-refractivity contribution in [3.05, 3.63) is 11.7 Å². The first-order valence-electron chi connectivity index (χ1n) is 9.08. The number of piperidine rings is 1. The normalized spacial score (nSPS) is 27.0. The number of carbonyl (C=O) groups is 1. The van der Waals surface area contributed by atoms with E-state index in [1.54, 1.807) is 0 Å². The fourth-order valence-electron chi connectivity index (χ4n) is 4.35. The number of hydrogen-bond donors (Lipinski definition) is 2. The molecule has 1 aromatic heterocycles. The van der Waals surface area contributed by atoms with Crippen LogP contribution in [0.4, 0.5) is 0 Å². The first-order chi connectivity index (χ1) is 11.3. The number of carbonyl (C=O) groups excluding carboxylic acids is 1. The maximum Gasteiger partial charge on any atom is 0.246 e. The van der Waals surface area contributed by atoms with Gasteiger partial charge in [-0.2, -0.15) is 4.98 Å². The van der Waals surface area contributed by atoms with Gasteiger partial charge in [0.15, 0.2) is 5.82 Å². The summed E-state index contributed by atoms with van der Waals surface area (Å²) in [5.41, 5.74) is 0.275. The van der Waals surface area contributed by atoms with Gasteiger partial charge in [-0.3, -0.25) is 4.79 Å². The highest BCUT2D eigenvalue weighted by Crippen LogP contribution is 2.58. The van der Waals surface area contributed by atoms with Crippen LogP contribution in [-0.4, -0.2) is 29.1 Å². The Morgan fingerprint density at radius 2 is 2.04 bits per heavy atom. The van der Waals surface area contributed by atoms with Crippen molar-refractivity contribution in [3.63, 3.8) is 0 Å². The van der Waals surface area contributed by atoms with Crippen molar-refractivity contribution >= 4 is 5.91 Å². The Kier molecular flexibility index (Phi) is 4.09. The molecule has 6 heteroatoms. The molecule has 4 rings (SSSR count). The molecular formula is C17H26N4O2. The lowest BCUT2D eigenvalue weighted by atomic mass is 9.89. The Morgan fingerprint density at radius 3 is 2.83 bits per heavy atom. The summed E-state index contributed by atoms with van der Waals surface area (Å²) in [4.78, 5) is 16.8. The molecule has 2 saturated carbocycles. The van der Waals surface area contributed by atoms with Crippen LogP contribution in [0, 0.1) is 11.3 Å². The summed E-state index contributed by atoms with van der Waals surface area (Å²) in [7, 11) is 0. The second kappa shape index (κ2) is 6.23. The van der Waals surface area contributed by atoms with Crippen LogP contribution in [0.1, 0.15) is 69.0 Å². The summed E-state index contributed by atoms with van der Waals surface area (Å²) in [5.74, 6) is 2.15. The van der Waals surface area contributed by atoms with Crippen molar-refractivity contribution in [2.45, 2.75) is 63.8 Å². The molecule has 0 radical (unpaired) electrons. The maximum absolute atomic E-state index is 12.3. The molecule has 1 aromatic rings. The highest BCUT2D eigenvalue weighted by molar-refractivity contribution is 5.82. The van der Waals surface area contributed by atoms with Gasteiger partial charge in [0.1, 0.15) is 0 Å². The lowest BCUT2D eigenvalue weighted by molar-refractivity contribution is -0.123. The van der Waals surface area contributed by atoms with E-state index < -0.39 is 0 Å². The Morgan fingerprint density at radius 1 is 1.26 bits per heavy atom. The SMILES string of the molecule is O=C(NCc1nc(C2CCCCC2)no1)[C@H]1CC12CCNCC2. The number of hydrogen-bond acceptors (Lipinski definition) is 5. The third-order valence-electron chi connectivity index (χ3n) is 5.97. The van der Waals surface area contributed by atoms with Crippen LogP contribution in [-0.2, 0) is 11.3 Å². The fourth-order valence-corrected chi connectivity index (χ4v) is 4.35. The first-order valence-corrected chi connectivity index (χ1v) is 9.08. The van der Waals surface area contributed by atoms with E-state index in [0.29, 0.717) is 18.4 Å². The smallest absolute Gasteiger partial charge is 0.246 e. The zero-order valence-corrected chi connectivity index (χ0v) is 13.6. The predicted molar refractivity (Wildman–Crippen MR) is 84.6 cm³/mol. The van der Waals surface area contributed by atoms with Crippen molar-refractivity contribution in [1.29, 1.82) is 0 Å². The van der Waals surface area contributed by atoms with E-state index in [1.807, 2.05) is 0 Å². The highest BCUT2D eigenvalue weighted by atomic mass is 16.5. The van der Waals surface area contributed by atoms with Gasteiger partial charge in [0, 0.05) is 11.8 Å². The topological polar surface area (TPSA) is 80.1 Å². The van der Waals surface area contributed by atoms with Gasteiger partial charge < -0.3 is 15.2 Å². The second-order valence-electron chi connectivity index (χ2n) is 7.47. The largest absolute Gasteiger partial charge is 0.347 e. The molecule has 23 heavy (non-hydrogen) atoms. The summed E-state index contributed by atoms with van der Waals surface area (Å²) in [5, 5.41) is 10.5. The Balaban J connectivity index is 1.28. The molecular weight excluding hydrogens is 292 g/mol. The van der Waals surface area contributed by atoms with Crippen molar-refractivity contribution < 1.29 is 9.32 Å². The minimum Gasteiger partial charge on any atom is -0.347 e. The fraction of sp³-hybridized carbons (Fsp3) is 0.824. The summed E-state index contributed by atoms with van der Waals surface area (Å²) < 4.78 is 5.32. The second-order valence-corrected chi connectivity index (χ2v) is 7.47. The van der Waals surface area contributed by atoms with E-state index in [4.69, 9.17) is 4.52 Å². The molecule has 1 spiro atoms. The lowest BCUT2D eigenvalue weighted by Crippen LogP contribution is -2.33. The zero-order chi connectivity index (χ0) is 15.7. The molecule has 1 amide bonds. The van der Waals surface area contributed by atoms with Crippen LogP contribution in [0.15, 0.2) is 4.52 Å². The van der Waals surface area contributed by atoms with Crippen LogP contribution in [0.25, 0.3) is 0 Å². The van der Waals surface area contributed by atoms with Gasteiger partial charge in [0.25, 0.3) is 0 Å². The molecule has 2 aliphatic carbocycles. The Hall–Kier alpha value is -1.43. The van der Waals surface area contributed by atoms with Crippen LogP contribution in [0.3, 0.4) is 0 Å². The van der Waals surface area contributed by atoms with Crippen LogP contribution in [0.5, 0.6) is 0 Å². The molecule has 3 aliphatic rings. The third kappa shape index (κ3) is 3.13. The minimum atomic E-state index is 0.157. The van der Waals surface area contributed by atoms with Crippen LogP contribution in [0.2, 0.25) is 0 Å². The van der Waals surface area contributed by atoms with E-state index in [-0.39, 0.29) is 17.2 Å². The maximum atomic E-state index is 12.3. The molecule has 2 heterocycles. The lowest BCUT2D eigenvalue weighted by Gasteiger charge is -2.23. The van der Waals surface area contributed by atoms with Gasteiger partial charge in [-0.15, -0.1) is 0 Å². The molecule has 126 valence electrons. The van der Waals surface area contributed by atoms with Gasteiger partial charge in [0.2, 0.25) is 11.8 Å². The molecule has 1 aliphatic heterocycles. The summed E-state index contributed by atoms with van der Waals surface area (Å²) >= 11 is 0. The summed E-state index contributed by atoms with van der Waals surface area (Å²) in [6.45, 7) is 2.44. The number of nitrogens with one attached hydrogen (secondary N) is 2. The summed E-state index contributed by atoms with van der Waals surface area (Å²) in [6.07, 6.45) is 9.42. The van der Waals surface area contributed by atoms with Gasteiger partial charge in [-0.25, -0.2) is 0 Å². The van der Waals surface area contributed by atoms with Gasteiger partial charge in [-0.1, -0.05) is 24.4 Å². The molecule has 2 N–H and O–H groups in total. The van der Waals surface area contributed by atoms with Gasteiger partial charge in [-0.05, 0) is 50.6 Å². The zero-order valence-electron chi connectivity index (χ0n) is 13.6. The average Bonchev–Trinajstić information content (AvgIpc) is 3.08. The molecule has 0 bridgehead atoms.